The van der Waals surface area contributed by atoms with Gasteiger partial charge in [0, 0.05) is 24.2 Å². The van der Waals surface area contributed by atoms with Crippen LogP contribution in [0, 0.1) is 0 Å². The van der Waals surface area contributed by atoms with Gasteiger partial charge in [-0.2, -0.15) is 0 Å². The Labute approximate surface area is 151 Å². The van der Waals surface area contributed by atoms with E-state index in [4.69, 9.17) is 11.5 Å². The normalized spacial score (nSPS) is 13.6. The standard InChI is InChI=1S/C18H38N4.C2H6/c1-15(13-21-11-9-17(3,4)19)7-8-16(2)14-22-12-10-18(5,6)20;1-2/h7-8,21-22H,9-14,19-20H2,1-6H3;1-2H3/b15-7+,16-8+;. The van der Waals surface area contributed by atoms with Crippen LogP contribution < -0.4 is 22.1 Å². The van der Waals surface area contributed by atoms with Crippen LogP contribution in [0.2, 0.25) is 0 Å². The van der Waals surface area contributed by atoms with Gasteiger partial charge < -0.3 is 22.1 Å². The Kier molecular flexibility index (Phi) is 14.5. The molecule has 0 aliphatic carbocycles. The first-order chi connectivity index (χ1) is 11.0. The predicted octanol–water partition coefficient (Wildman–Crippen LogP) is 3.34. The molecule has 0 unspecified atom stereocenters. The Bertz CT molecular complexity index is 321. The molecule has 144 valence electrons. The molecule has 0 amide bonds. The molecule has 4 nitrogen and oxygen atoms in total. The minimum atomic E-state index is -0.0924. The number of nitrogens with one attached hydrogen (secondary N) is 2. The highest BCUT2D eigenvalue weighted by Gasteiger charge is 2.09. The molecule has 0 rings (SSSR count). The Morgan fingerprint density at radius 2 is 1.04 bits per heavy atom. The second-order valence-electron chi connectivity index (χ2n) is 7.86. The van der Waals surface area contributed by atoms with Gasteiger partial charge in [-0.3, -0.25) is 0 Å². The molecule has 6 N–H and O–H groups in total. The third-order valence-corrected chi connectivity index (χ3v) is 3.35. The van der Waals surface area contributed by atoms with Crippen molar-refractivity contribution in [3.63, 3.8) is 0 Å². The number of allylic oxidation sites excluding steroid dienone is 2. The summed E-state index contributed by atoms with van der Waals surface area (Å²) in [5.41, 5.74) is 14.4. The molecule has 4 heteroatoms. The summed E-state index contributed by atoms with van der Waals surface area (Å²) in [4.78, 5) is 0. The van der Waals surface area contributed by atoms with E-state index in [0.717, 1.165) is 39.0 Å². The third kappa shape index (κ3) is 21.3. The lowest BCUT2D eigenvalue weighted by Gasteiger charge is -2.18. The van der Waals surface area contributed by atoms with Gasteiger partial charge >= 0.3 is 0 Å². The summed E-state index contributed by atoms with van der Waals surface area (Å²) in [5, 5.41) is 6.85. The summed E-state index contributed by atoms with van der Waals surface area (Å²) in [6.07, 6.45) is 6.34. The summed E-state index contributed by atoms with van der Waals surface area (Å²) >= 11 is 0. The zero-order valence-electron chi connectivity index (χ0n) is 17.6. The van der Waals surface area contributed by atoms with E-state index in [1.165, 1.54) is 11.1 Å². The minimum absolute atomic E-state index is 0.0924. The fourth-order valence-electron chi connectivity index (χ4n) is 1.79. The average molecular weight is 341 g/mol. The second kappa shape index (κ2) is 13.6. The van der Waals surface area contributed by atoms with Crippen molar-refractivity contribution in [1.82, 2.24) is 10.6 Å². The molecule has 0 spiro atoms. The van der Waals surface area contributed by atoms with E-state index in [-0.39, 0.29) is 11.1 Å². The van der Waals surface area contributed by atoms with Crippen LogP contribution >= 0.6 is 0 Å². The lowest BCUT2D eigenvalue weighted by Crippen LogP contribution is -2.36. The molecule has 0 aromatic carbocycles. The van der Waals surface area contributed by atoms with Crippen molar-refractivity contribution in [3.05, 3.63) is 23.3 Å². The van der Waals surface area contributed by atoms with Crippen LogP contribution in [-0.2, 0) is 0 Å². The van der Waals surface area contributed by atoms with Crippen molar-refractivity contribution in [1.29, 1.82) is 0 Å². The monoisotopic (exact) mass is 340 g/mol. The summed E-state index contributed by atoms with van der Waals surface area (Å²) in [6, 6.07) is 0. The molecular weight excluding hydrogens is 296 g/mol. The topological polar surface area (TPSA) is 76.1 Å². The summed E-state index contributed by atoms with van der Waals surface area (Å²) < 4.78 is 0. The maximum atomic E-state index is 5.96. The maximum absolute atomic E-state index is 5.96. The van der Waals surface area contributed by atoms with Gasteiger partial charge in [-0.15, -0.1) is 0 Å². The molecule has 0 aliphatic heterocycles. The van der Waals surface area contributed by atoms with Crippen molar-refractivity contribution < 1.29 is 0 Å². The van der Waals surface area contributed by atoms with Gasteiger partial charge in [0.15, 0.2) is 0 Å². The first kappa shape index (κ1) is 25.6. The van der Waals surface area contributed by atoms with Gasteiger partial charge in [-0.1, -0.05) is 37.1 Å². The largest absolute Gasteiger partial charge is 0.326 e. The summed E-state index contributed by atoms with van der Waals surface area (Å²) in [7, 11) is 0. The van der Waals surface area contributed by atoms with E-state index >= 15 is 0 Å². The fraction of sp³-hybridized carbons (Fsp3) is 0.800. The van der Waals surface area contributed by atoms with Crippen molar-refractivity contribution >= 4 is 0 Å². The van der Waals surface area contributed by atoms with Gasteiger partial charge in [-0.05, 0) is 67.5 Å². The third-order valence-electron chi connectivity index (χ3n) is 3.35. The first-order valence-electron chi connectivity index (χ1n) is 9.32. The van der Waals surface area contributed by atoms with E-state index < -0.39 is 0 Å². The highest BCUT2D eigenvalue weighted by atomic mass is 14.9. The molecule has 0 bridgehead atoms. The summed E-state index contributed by atoms with van der Waals surface area (Å²) in [6.45, 7) is 20.3. The van der Waals surface area contributed by atoms with E-state index in [1.807, 2.05) is 13.8 Å². The molecule has 0 aliphatic rings. The Morgan fingerprint density at radius 1 is 0.750 bits per heavy atom. The average Bonchev–Trinajstić information content (AvgIpc) is 2.46. The van der Waals surface area contributed by atoms with Gasteiger partial charge in [0.25, 0.3) is 0 Å². The Hall–Kier alpha value is -0.680. The second-order valence-corrected chi connectivity index (χ2v) is 7.86. The Morgan fingerprint density at radius 3 is 1.29 bits per heavy atom. The zero-order chi connectivity index (χ0) is 19.2. The van der Waals surface area contributed by atoms with Gasteiger partial charge in [0.2, 0.25) is 0 Å². The molecule has 0 fully saturated rings. The predicted molar refractivity (Wildman–Crippen MR) is 110 cm³/mol. The number of hydrogen-bond acceptors (Lipinski definition) is 4. The lowest BCUT2D eigenvalue weighted by atomic mass is 10.0. The van der Waals surface area contributed by atoms with Crippen LogP contribution in [0.15, 0.2) is 23.3 Å². The fourth-order valence-corrected chi connectivity index (χ4v) is 1.79. The van der Waals surface area contributed by atoms with Gasteiger partial charge in [0.1, 0.15) is 0 Å². The molecule has 0 aromatic heterocycles. The van der Waals surface area contributed by atoms with E-state index in [9.17, 15) is 0 Å². The van der Waals surface area contributed by atoms with Crippen LogP contribution in [0.5, 0.6) is 0 Å². The molecule has 0 radical (unpaired) electrons. The molecule has 0 atom stereocenters. The molecule has 0 saturated heterocycles. The highest BCUT2D eigenvalue weighted by molar-refractivity contribution is 5.17. The van der Waals surface area contributed by atoms with Crippen LogP contribution in [0.25, 0.3) is 0 Å². The number of hydrogen-bond donors (Lipinski definition) is 4. The van der Waals surface area contributed by atoms with Gasteiger partial charge in [-0.25, -0.2) is 0 Å². The highest BCUT2D eigenvalue weighted by Crippen LogP contribution is 2.03. The van der Waals surface area contributed by atoms with Crippen molar-refractivity contribution in [2.24, 2.45) is 11.5 Å². The molecule has 0 saturated carbocycles. The first-order valence-corrected chi connectivity index (χ1v) is 9.32. The van der Waals surface area contributed by atoms with E-state index in [2.05, 4.69) is 64.3 Å². The van der Waals surface area contributed by atoms with Crippen molar-refractivity contribution in [2.75, 3.05) is 26.2 Å². The zero-order valence-corrected chi connectivity index (χ0v) is 17.6. The van der Waals surface area contributed by atoms with Crippen LogP contribution in [0.4, 0.5) is 0 Å². The quantitative estimate of drug-likeness (QED) is 0.344. The van der Waals surface area contributed by atoms with Crippen LogP contribution in [0.1, 0.15) is 68.2 Å². The molecule has 0 heterocycles. The number of rotatable bonds is 11. The van der Waals surface area contributed by atoms with Crippen LogP contribution in [-0.4, -0.2) is 37.3 Å². The smallest absolute Gasteiger partial charge is 0.0164 e. The Balaban J connectivity index is 0. The molecule has 24 heavy (non-hydrogen) atoms. The van der Waals surface area contributed by atoms with Crippen LogP contribution in [0.3, 0.4) is 0 Å². The molecular formula is C20H44N4. The molecule has 0 aromatic rings. The van der Waals surface area contributed by atoms with E-state index in [0.29, 0.717) is 0 Å². The van der Waals surface area contributed by atoms with Crippen molar-refractivity contribution in [2.45, 2.75) is 79.3 Å². The van der Waals surface area contributed by atoms with Crippen molar-refractivity contribution in [3.8, 4) is 0 Å². The van der Waals surface area contributed by atoms with E-state index in [1.54, 1.807) is 0 Å². The number of nitrogens with two attached hydrogens (primary N) is 2. The lowest BCUT2D eigenvalue weighted by molar-refractivity contribution is 0.460. The van der Waals surface area contributed by atoms with Gasteiger partial charge in [0.05, 0.1) is 0 Å². The maximum Gasteiger partial charge on any atom is 0.0164 e. The SMILES string of the molecule is C/C(=C\C=C(/C)CNCCC(C)(C)N)CNCCC(C)(C)N.CC. The minimum Gasteiger partial charge on any atom is -0.326 e. The summed E-state index contributed by atoms with van der Waals surface area (Å²) in [5.74, 6) is 0.